The van der Waals surface area contributed by atoms with E-state index < -0.39 is 0 Å². The predicted octanol–water partition coefficient (Wildman–Crippen LogP) is 3.20. The molecule has 1 saturated heterocycles. The summed E-state index contributed by atoms with van der Waals surface area (Å²) >= 11 is 7.44. The number of halogens is 1. The Morgan fingerprint density at radius 2 is 2.25 bits per heavy atom. The number of nitrogens with one attached hydrogen (secondary N) is 1. The van der Waals surface area contributed by atoms with Crippen molar-refractivity contribution in [2.45, 2.75) is 25.8 Å². The molecular weight excluding hydrogens is 346 g/mol. The van der Waals surface area contributed by atoms with Gasteiger partial charge in [-0.3, -0.25) is 9.59 Å². The third kappa shape index (κ3) is 3.94. The fraction of sp³-hybridized carbons (Fsp3) is 0.353. The number of benzene rings is 1. The van der Waals surface area contributed by atoms with Crippen LogP contribution < -0.4 is 5.32 Å². The molecule has 126 valence electrons. The summed E-state index contributed by atoms with van der Waals surface area (Å²) in [5.74, 6) is -0.152. The molecule has 24 heavy (non-hydrogen) atoms. The number of rotatable bonds is 3. The normalized spacial score (nSPS) is 17.6. The number of carbonyl (C=O) groups excluding carboxylic acids is 2. The van der Waals surface area contributed by atoms with E-state index in [2.05, 4.69) is 10.3 Å². The highest BCUT2D eigenvalue weighted by molar-refractivity contribution is 7.13. The van der Waals surface area contributed by atoms with Gasteiger partial charge < -0.3 is 10.2 Å². The third-order valence-corrected chi connectivity index (χ3v) is 5.04. The van der Waals surface area contributed by atoms with Gasteiger partial charge in [-0.15, -0.1) is 11.3 Å². The predicted molar refractivity (Wildman–Crippen MR) is 95.3 cm³/mol. The van der Waals surface area contributed by atoms with Crippen molar-refractivity contribution in [3.8, 4) is 10.6 Å². The van der Waals surface area contributed by atoms with E-state index in [-0.39, 0.29) is 17.9 Å². The van der Waals surface area contributed by atoms with Gasteiger partial charge in [0.15, 0.2) is 0 Å². The highest BCUT2D eigenvalue weighted by Crippen LogP contribution is 2.26. The maximum absolute atomic E-state index is 12.7. The average molecular weight is 364 g/mol. The average Bonchev–Trinajstić information content (AvgIpc) is 3.04. The van der Waals surface area contributed by atoms with E-state index in [4.69, 9.17) is 11.6 Å². The molecule has 0 saturated carbocycles. The second-order valence-corrected chi connectivity index (χ2v) is 7.13. The molecule has 1 N–H and O–H groups in total. The molecular formula is C17H18ClN3O2S. The van der Waals surface area contributed by atoms with Crippen molar-refractivity contribution in [1.82, 2.24) is 15.2 Å². The van der Waals surface area contributed by atoms with Crippen LogP contribution in [0.2, 0.25) is 5.02 Å². The summed E-state index contributed by atoms with van der Waals surface area (Å²) in [6, 6.07) is 7.45. The smallest absolute Gasteiger partial charge is 0.273 e. The van der Waals surface area contributed by atoms with Crippen molar-refractivity contribution < 1.29 is 9.59 Å². The fourth-order valence-electron chi connectivity index (χ4n) is 2.85. The molecule has 0 aliphatic carbocycles. The molecule has 1 aromatic carbocycles. The molecule has 0 bridgehead atoms. The number of thiazole rings is 1. The zero-order valence-corrected chi connectivity index (χ0v) is 14.9. The summed E-state index contributed by atoms with van der Waals surface area (Å²) in [6.07, 6.45) is 1.77. The molecule has 2 aromatic rings. The van der Waals surface area contributed by atoms with Gasteiger partial charge in [0.05, 0.1) is 0 Å². The van der Waals surface area contributed by atoms with E-state index in [1.165, 1.54) is 18.3 Å². The van der Waals surface area contributed by atoms with Crippen LogP contribution in [-0.4, -0.2) is 40.8 Å². The first kappa shape index (κ1) is 16.9. The topological polar surface area (TPSA) is 62.3 Å². The molecule has 3 rings (SSSR count). The molecule has 0 radical (unpaired) electrons. The van der Waals surface area contributed by atoms with Crippen LogP contribution in [0.15, 0.2) is 29.6 Å². The van der Waals surface area contributed by atoms with Crippen LogP contribution in [0.3, 0.4) is 0 Å². The van der Waals surface area contributed by atoms with Crippen LogP contribution >= 0.6 is 22.9 Å². The number of aromatic nitrogens is 1. The van der Waals surface area contributed by atoms with Crippen LogP contribution in [0.5, 0.6) is 0 Å². The quantitative estimate of drug-likeness (QED) is 0.910. The lowest BCUT2D eigenvalue weighted by molar-refractivity contribution is -0.120. The Labute approximate surface area is 149 Å². The highest BCUT2D eigenvalue weighted by Gasteiger charge is 2.26. The Hall–Kier alpha value is -1.92. The maximum atomic E-state index is 12.7. The van der Waals surface area contributed by atoms with Gasteiger partial charge in [0.25, 0.3) is 5.91 Å². The van der Waals surface area contributed by atoms with Gasteiger partial charge in [-0.2, -0.15) is 0 Å². The summed E-state index contributed by atoms with van der Waals surface area (Å²) in [5.41, 5.74) is 1.35. The van der Waals surface area contributed by atoms with E-state index in [0.717, 1.165) is 23.4 Å². The Bertz CT molecular complexity index is 762. The molecule has 1 aliphatic heterocycles. The SMILES string of the molecule is CC(=O)NC1CCCN(C(=O)c2csc(-c3cccc(Cl)c3)n2)C1. The Morgan fingerprint density at radius 3 is 3.00 bits per heavy atom. The standard InChI is InChI=1S/C17H18ClN3O2S/c1-11(22)19-14-6-3-7-21(9-14)17(23)15-10-24-16(20-15)12-4-2-5-13(18)8-12/h2,4-5,8,10,14H,3,6-7,9H2,1H3,(H,19,22). The Kier molecular flexibility index (Phi) is 5.16. The van der Waals surface area contributed by atoms with Crippen molar-refractivity contribution >= 4 is 34.8 Å². The first-order valence-corrected chi connectivity index (χ1v) is 9.06. The number of amides is 2. The van der Waals surface area contributed by atoms with Crippen LogP contribution in [0.25, 0.3) is 10.6 Å². The van der Waals surface area contributed by atoms with Crippen LogP contribution in [0.4, 0.5) is 0 Å². The molecule has 0 spiro atoms. The van der Waals surface area contributed by atoms with Gasteiger partial charge in [0.1, 0.15) is 10.7 Å². The van der Waals surface area contributed by atoms with Crippen molar-refractivity contribution in [3.63, 3.8) is 0 Å². The fourth-order valence-corrected chi connectivity index (χ4v) is 3.84. The maximum Gasteiger partial charge on any atom is 0.273 e. The molecule has 5 nitrogen and oxygen atoms in total. The second kappa shape index (κ2) is 7.32. The van der Waals surface area contributed by atoms with Gasteiger partial charge >= 0.3 is 0 Å². The monoisotopic (exact) mass is 363 g/mol. The zero-order valence-electron chi connectivity index (χ0n) is 13.3. The molecule has 1 aliphatic rings. The first-order chi connectivity index (χ1) is 11.5. The second-order valence-electron chi connectivity index (χ2n) is 5.84. The summed E-state index contributed by atoms with van der Waals surface area (Å²) < 4.78 is 0. The molecule has 7 heteroatoms. The minimum Gasteiger partial charge on any atom is -0.352 e. The number of likely N-dealkylation sites (tertiary alicyclic amines) is 1. The van der Waals surface area contributed by atoms with Crippen LogP contribution in [0, 0.1) is 0 Å². The number of piperidine rings is 1. The molecule has 1 fully saturated rings. The van der Waals surface area contributed by atoms with Gasteiger partial charge in [-0.1, -0.05) is 23.7 Å². The van der Waals surface area contributed by atoms with E-state index in [1.54, 1.807) is 16.3 Å². The van der Waals surface area contributed by atoms with E-state index >= 15 is 0 Å². The minimum atomic E-state index is -0.0884. The summed E-state index contributed by atoms with van der Waals surface area (Å²) in [7, 11) is 0. The van der Waals surface area contributed by atoms with E-state index in [1.807, 2.05) is 18.2 Å². The lowest BCUT2D eigenvalue weighted by Crippen LogP contribution is -2.49. The molecule has 1 aromatic heterocycles. The lowest BCUT2D eigenvalue weighted by atomic mass is 10.1. The van der Waals surface area contributed by atoms with Crippen LogP contribution in [0.1, 0.15) is 30.3 Å². The molecule has 2 heterocycles. The largest absolute Gasteiger partial charge is 0.352 e. The zero-order chi connectivity index (χ0) is 17.1. The van der Waals surface area contributed by atoms with Gasteiger partial charge in [-0.25, -0.2) is 4.98 Å². The number of hydrogen-bond acceptors (Lipinski definition) is 4. The highest BCUT2D eigenvalue weighted by atomic mass is 35.5. The third-order valence-electron chi connectivity index (χ3n) is 3.91. The lowest BCUT2D eigenvalue weighted by Gasteiger charge is -2.32. The van der Waals surface area contributed by atoms with E-state index in [0.29, 0.717) is 23.8 Å². The summed E-state index contributed by atoms with van der Waals surface area (Å²) in [4.78, 5) is 30.1. The van der Waals surface area contributed by atoms with Crippen molar-refractivity contribution in [1.29, 1.82) is 0 Å². The summed E-state index contributed by atoms with van der Waals surface area (Å²) in [6.45, 7) is 2.72. The van der Waals surface area contributed by atoms with Gasteiger partial charge in [-0.05, 0) is 25.0 Å². The van der Waals surface area contributed by atoms with Gasteiger partial charge in [0.2, 0.25) is 5.91 Å². The molecule has 1 atom stereocenters. The van der Waals surface area contributed by atoms with Crippen molar-refractivity contribution in [2.24, 2.45) is 0 Å². The summed E-state index contributed by atoms with van der Waals surface area (Å²) in [5, 5.41) is 6.09. The number of carbonyl (C=O) groups is 2. The van der Waals surface area contributed by atoms with Crippen molar-refractivity contribution in [2.75, 3.05) is 13.1 Å². The molecule has 2 amide bonds. The Morgan fingerprint density at radius 1 is 1.42 bits per heavy atom. The molecule has 1 unspecified atom stereocenters. The number of hydrogen-bond donors (Lipinski definition) is 1. The Balaban J connectivity index is 1.72. The minimum absolute atomic E-state index is 0.0197. The van der Waals surface area contributed by atoms with E-state index in [9.17, 15) is 9.59 Å². The van der Waals surface area contributed by atoms with Crippen molar-refractivity contribution in [3.05, 3.63) is 40.4 Å². The first-order valence-electron chi connectivity index (χ1n) is 7.81. The number of nitrogens with zero attached hydrogens (tertiary/aromatic N) is 2. The van der Waals surface area contributed by atoms with Crippen LogP contribution in [-0.2, 0) is 4.79 Å². The van der Waals surface area contributed by atoms with Gasteiger partial charge in [0, 0.05) is 42.0 Å².